The smallest absolute Gasteiger partial charge is 0.217 e. The van der Waals surface area contributed by atoms with Gasteiger partial charge >= 0.3 is 0 Å². The van der Waals surface area contributed by atoms with Gasteiger partial charge < -0.3 is 11.5 Å². The van der Waals surface area contributed by atoms with Crippen molar-refractivity contribution in [3.63, 3.8) is 0 Å². The Kier molecular flexibility index (Phi) is 35.5. The molecule has 0 aromatic carbocycles. The number of primary amides is 2. The van der Waals surface area contributed by atoms with Crippen molar-refractivity contribution in [3.05, 3.63) is 0 Å². The quantitative estimate of drug-likeness (QED) is 0.0673. The van der Waals surface area contributed by atoms with Crippen LogP contribution in [0.5, 0.6) is 0 Å². The average molecular weight is 621 g/mol. The summed E-state index contributed by atoms with van der Waals surface area (Å²) in [4.78, 5) is 21.5. The van der Waals surface area contributed by atoms with Crippen molar-refractivity contribution >= 4 is 11.8 Å². The van der Waals surface area contributed by atoms with Crippen LogP contribution in [0.25, 0.3) is 0 Å². The Balaban J connectivity index is 3.36. The topological polar surface area (TPSA) is 86.2 Å². The third-order valence-corrected chi connectivity index (χ3v) is 9.77. The number of unbranched alkanes of at least 4 members (excludes halogenated alkanes) is 28. The number of amides is 2. The second-order valence-electron chi connectivity index (χ2n) is 14.3. The molecule has 4 heteroatoms. The molecule has 0 aliphatic carbocycles. The molecular formula is C40H80N2O2. The van der Waals surface area contributed by atoms with E-state index in [2.05, 4.69) is 6.92 Å². The highest BCUT2D eigenvalue weighted by atomic mass is 16.1. The van der Waals surface area contributed by atoms with E-state index in [-0.39, 0.29) is 11.8 Å². The molecule has 4 nitrogen and oxygen atoms in total. The minimum Gasteiger partial charge on any atom is -0.370 e. The molecule has 262 valence electrons. The van der Waals surface area contributed by atoms with Gasteiger partial charge in [-0.15, -0.1) is 0 Å². The van der Waals surface area contributed by atoms with E-state index in [1.165, 1.54) is 193 Å². The molecule has 4 N–H and O–H groups in total. The molecule has 0 saturated heterocycles. The van der Waals surface area contributed by atoms with Crippen LogP contribution >= 0.6 is 0 Å². The zero-order chi connectivity index (χ0) is 32.2. The van der Waals surface area contributed by atoms with Gasteiger partial charge in [-0.3, -0.25) is 9.59 Å². The van der Waals surface area contributed by atoms with Gasteiger partial charge in [0.15, 0.2) is 0 Å². The fourth-order valence-electron chi connectivity index (χ4n) is 6.90. The van der Waals surface area contributed by atoms with E-state index in [4.69, 9.17) is 11.5 Å². The van der Waals surface area contributed by atoms with E-state index in [1.807, 2.05) is 0 Å². The predicted octanol–water partition coefficient (Wildman–Crippen LogP) is 12.6. The first-order chi connectivity index (χ1) is 21.6. The minimum absolute atomic E-state index is 0.152. The zero-order valence-corrected chi connectivity index (χ0v) is 30.0. The fourth-order valence-corrected chi connectivity index (χ4v) is 6.90. The summed E-state index contributed by atoms with van der Waals surface area (Å²) >= 11 is 0. The van der Waals surface area contributed by atoms with Gasteiger partial charge in [-0.25, -0.2) is 0 Å². The van der Waals surface area contributed by atoms with Gasteiger partial charge in [0.1, 0.15) is 0 Å². The molecule has 0 rings (SSSR count). The molecule has 44 heavy (non-hydrogen) atoms. The molecule has 0 heterocycles. The van der Waals surface area contributed by atoms with Crippen LogP contribution in [0, 0.1) is 5.92 Å². The molecule has 0 aromatic heterocycles. The number of rotatable bonds is 38. The van der Waals surface area contributed by atoms with E-state index in [9.17, 15) is 9.59 Å². The number of hydrogen-bond donors (Lipinski definition) is 2. The van der Waals surface area contributed by atoms with E-state index >= 15 is 0 Å². The van der Waals surface area contributed by atoms with Crippen molar-refractivity contribution < 1.29 is 9.59 Å². The zero-order valence-electron chi connectivity index (χ0n) is 30.0. The standard InChI is InChI=1S/C40H80N2O2/c1-2-33-38(34-29-25-21-17-13-9-5-3-7-11-15-19-23-27-31-36-39(41)43)35-30-26-22-18-14-10-6-4-8-12-16-20-24-28-32-37-40(42)44/h38H,2-37H2,1H3,(H2,41,43)(H2,42,44). The monoisotopic (exact) mass is 621 g/mol. The molecule has 0 unspecified atom stereocenters. The Morgan fingerprint density at radius 2 is 0.545 bits per heavy atom. The number of carbonyl (C=O) groups is 2. The molecule has 0 radical (unpaired) electrons. The third kappa shape index (κ3) is 37.1. The van der Waals surface area contributed by atoms with Crippen molar-refractivity contribution in [2.75, 3.05) is 0 Å². The Morgan fingerprint density at radius 3 is 0.750 bits per heavy atom. The Bertz CT molecular complexity index is 546. The number of nitrogens with two attached hydrogens (primary N) is 2. The lowest BCUT2D eigenvalue weighted by molar-refractivity contribution is -0.119. The summed E-state index contributed by atoms with van der Waals surface area (Å²) in [5.41, 5.74) is 10.4. The lowest BCUT2D eigenvalue weighted by atomic mass is 9.90. The summed E-state index contributed by atoms with van der Waals surface area (Å²) in [6, 6.07) is 0. The SMILES string of the molecule is CCCC(CCCCCCCCCCCCCCCCCC(N)=O)CCCCCCCCCCCCCCCCCC(N)=O. The van der Waals surface area contributed by atoms with Gasteiger partial charge in [0.2, 0.25) is 11.8 Å². The molecule has 0 aliphatic rings. The highest BCUT2D eigenvalue weighted by Crippen LogP contribution is 2.23. The molecule has 0 aliphatic heterocycles. The molecule has 2 amide bonds. The molecule has 0 saturated carbocycles. The maximum absolute atomic E-state index is 10.7. The molecule has 0 atom stereocenters. The summed E-state index contributed by atoms with van der Waals surface area (Å²) in [5.74, 6) is 0.687. The number of carbonyl (C=O) groups excluding carboxylic acids is 2. The van der Waals surface area contributed by atoms with Crippen LogP contribution in [0.2, 0.25) is 0 Å². The van der Waals surface area contributed by atoms with Crippen molar-refractivity contribution in [2.45, 2.75) is 238 Å². The van der Waals surface area contributed by atoms with Crippen LogP contribution in [0.15, 0.2) is 0 Å². The van der Waals surface area contributed by atoms with Crippen molar-refractivity contribution in [1.82, 2.24) is 0 Å². The lowest BCUT2D eigenvalue weighted by Gasteiger charge is -2.16. The maximum Gasteiger partial charge on any atom is 0.217 e. The molecular weight excluding hydrogens is 540 g/mol. The summed E-state index contributed by atoms with van der Waals surface area (Å²) in [6.45, 7) is 2.37. The van der Waals surface area contributed by atoms with E-state index in [0.717, 1.165) is 31.6 Å². The largest absolute Gasteiger partial charge is 0.370 e. The van der Waals surface area contributed by atoms with Gasteiger partial charge in [-0.1, -0.05) is 212 Å². The van der Waals surface area contributed by atoms with Gasteiger partial charge in [-0.05, 0) is 18.8 Å². The van der Waals surface area contributed by atoms with Crippen molar-refractivity contribution in [2.24, 2.45) is 17.4 Å². The van der Waals surface area contributed by atoms with Gasteiger partial charge in [0.25, 0.3) is 0 Å². The lowest BCUT2D eigenvalue weighted by Crippen LogP contribution is -2.09. The van der Waals surface area contributed by atoms with Crippen LogP contribution in [-0.4, -0.2) is 11.8 Å². The van der Waals surface area contributed by atoms with Crippen LogP contribution in [0.4, 0.5) is 0 Å². The van der Waals surface area contributed by atoms with Gasteiger partial charge in [-0.2, -0.15) is 0 Å². The van der Waals surface area contributed by atoms with Gasteiger partial charge in [0.05, 0.1) is 0 Å². The van der Waals surface area contributed by atoms with E-state index in [1.54, 1.807) is 0 Å². The van der Waals surface area contributed by atoms with Crippen LogP contribution < -0.4 is 11.5 Å². The van der Waals surface area contributed by atoms with Crippen molar-refractivity contribution in [3.8, 4) is 0 Å². The summed E-state index contributed by atoms with van der Waals surface area (Å²) in [5, 5.41) is 0. The summed E-state index contributed by atoms with van der Waals surface area (Å²) in [6.07, 6.45) is 47.8. The first kappa shape index (κ1) is 42.9. The second-order valence-corrected chi connectivity index (χ2v) is 14.3. The Labute approximate surface area is 276 Å². The maximum atomic E-state index is 10.7. The van der Waals surface area contributed by atoms with Gasteiger partial charge in [0, 0.05) is 12.8 Å². The van der Waals surface area contributed by atoms with Crippen LogP contribution in [-0.2, 0) is 9.59 Å². The minimum atomic E-state index is -0.152. The Morgan fingerprint density at radius 1 is 0.341 bits per heavy atom. The number of hydrogen-bond acceptors (Lipinski definition) is 2. The summed E-state index contributed by atoms with van der Waals surface area (Å²) in [7, 11) is 0. The summed E-state index contributed by atoms with van der Waals surface area (Å²) < 4.78 is 0. The highest BCUT2D eigenvalue weighted by molar-refractivity contribution is 5.73. The third-order valence-electron chi connectivity index (χ3n) is 9.77. The molecule has 0 aromatic rings. The van der Waals surface area contributed by atoms with Crippen LogP contribution in [0.1, 0.15) is 238 Å². The first-order valence-corrected chi connectivity index (χ1v) is 20.1. The Hall–Kier alpha value is -1.06. The molecule has 0 bridgehead atoms. The molecule has 0 fully saturated rings. The second kappa shape index (κ2) is 36.4. The highest BCUT2D eigenvalue weighted by Gasteiger charge is 2.07. The predicted molar refractivity (Wildman–Crippen MR) is 194 cm³/mol. The van der Waals surface area contributed by atoms with Crippen molar-refractivity contribution in [1.29, 1.82) is 0 Å². The first-order valence-electron chi connectivity index (χ1n) is 20.1. The van der Waals surface area contributed by atoms with E-state index < -0.39 is 0 Å². The van der Waals surface area contributed by atoms with E-state index in [0.29, 0.717) is 12.8 Å². The average Bonchev–Trinajstić information content (AvgIpc) is 2.99. The fraction of sp³-hybridized carbons (Fsp3) is 0.950. The van der Waals surface area contributed by atoms with Crippen LogP contribution in [0.3, 0.4) is 0 Å². The normalized spacial score (nSPS) is 11.5. The molecule has 0 spiro atoms.